The molecule has 8 heteroatoms. The molecule has 4 aromatic heterocycles. The van der Waals surface area contributed by atoms with E-state index in [2.05, 4.69) is 228 Å². The Balaban J connectivity index is 0.795. The highest BCUT2D eigenvalue weighted by atomic mass is 16.2. The average Bonchev–Trinajstić information content (AvgIpc) is 2.85. The number of fused-ring (bicyclic) bond motifs is 6. The Bertz CT molecular complexity index is 4880. The second-order valence-corrected chi connectivity index (χ2v) is 21.6. The van der Waals surface area contributed by atoms with E-state index in [-0.39, 0.29) is 11.4 Å². The van der Waals surface area contributed by atoms with E-state index in [9.17, 15) is 0 Å². The zero-order valence-electron chi connectivity index (χ0n) is 46.5. The van der Waals surface area contributed by atoms with Crippen molar-refractivity contribution in [1.82, 2.24) is 27.4 Å². The average molecular weight is 1110 g/mol. The van der Waals surface area contributed by atoms with E-state index in [0.29, 0.717) is 0 Å². The maximum Gasteiger partial charge on any atom is 0.338 e. The van der Waals surface area contributed by atoms with Gasteiger partial charge in [0.2, 0.25) is 0 Å². The molecule has 0 spiro atoms. The third kappa shape index (κ3) is 8.14. The van der Waals surface area contributed by atoms with Crippen LogP contribution < -0.4 is 11.4 Å². The molecule has 16 aromatic rings. The fourth-order valence-corrected chi connectivity index (χ4v) is 12.9. The molecule has 0 radical (unpaired) electrons. The van der Waals surface area contributed by atoms with Crippen molar-refractivity contribution in [3.8, 4) is 90.3 Å². The maximum atomic E-state index is 15.6. The first-order chi connectivity index (χ1) is 42.6. The molecular formula is C78H52N6O2. The van der Waals surface area contributed by atoms with Gasteiger partial charge in [-0.05, 0) is 108 Å². The summed E-state index contributed by atoms with van der Waals surface area (Å²) in [5.74, 6) is 0. The molecule has 0 fully saturated rings. The summed E-state index contributed by atoms with van der Waals surface area (Å²) in [6.07, 6.45) is 0. The van der Waals surface area contributed by atoms with Gasteiger partial charge in [-0.2, -0.15) is 0 Å². The van der Waals surface area contributed by atoms with Crippen LogP contribution in [0.2, 0.25) is 0 Å². The quantitative estimate of drug-likeness (QED) is 0.130. The van der Waals surface area contributed by atoms with Gasteiger partial charge in [-0.15, -0.1) is 0 Å². The summed E-state index contributed by atoms with van der Waals surface area (Å²) < 4.78 is 12.0. The lowest BCUT2D eigenvalue weighted by molar-refractivity contribution is 0.912. The Morgan fingerprint density at radius 1 is 0.163 bits per heavy atom. The van der Waals surface area contributed by atoms with Crippen molar-refractivity contribution in [2.24, 2.45) is 0 Å². The Hall–Kier alpha value is -11.7. The second kappa shape index (κ2) is 20.6. The summed E-state index contributed by atoms with van der Waals surface area (Å²) in [5.41, 5.74) is 17.8. The number of nitrogens with zero attached hydrogens (tertiary/aromatic N) is 6. The first-order valence-corrected chi connectivity index (χ1v) is 28.9. The fraction of sp³-hybridized carbons (Fsp3) is 0. The minimum absolute atomic E-state index is 0.190. The number of benzene rings is 12. The molecule has 0 aliphatic heterocycles. The SMILES string of the molecule is O=c1n(-c2ccc(-c3ccc(-n4c(-c5ccccc5)c(-c5ccccc5)n(-c5ccc(-n6c7ccccc7c7ccccc76)cc5)c4=O)cc3)cc2)c(-c2ccccc2)c(-c2ccccc2)n1-c1ccc(-n2c3ccccc3c3ccccc32)cc1. The number of imidazole rings is 2. The number of hydrogen-bond donors (Lipinski definition) is 0. The molecule has 8 nitrogen and oxygen atoms in total. The normalized spacial score (nSPS) is 11.6. The predicted molar refractivity (Wildman–Crippen MR) is 352 cm³/mol. The van der Waals surface area contributed by atoms with Crippen LogP contribution in [0, 0.1) is 0 Å². The number of aromatic nitrogens is 6. The van der Waals surface area contributed by atoms with Crippen molar-refractivity contribution in [3.05, 3.63) is 336 Å². The van der Waals surface area contributed by atoms with Crippen LogP contribution in [0.1, 0.15) is 0 Å². The van der Waals surface area contributed by atoms with Crippen LogP contribution in [0.5, 0.6) is 0 Å². The minimum Gasteiger partial charge on any atom is -0.309 e. The monoisotopic (exact) mass is 1100 g/mol. The van der Waals surface area contributed by atoms with Gasteiger partial charge in [0, 0.05) is 55.2 Å². The molecule has 0 aliphatic carbocycles. The van der Waals surface area contributed by atoms with Gasteiger partial charge in [-0.3, -0.25) is 18.3 Å². The Labute approximate surface area is 495 Å². The van der Waals surface area contributed by atoms with Crippen molar-refractivity contribution in [1.29, 1.82) is 0 Å². The molecule has 406 valence electrons. The molecule has 16 rings (SSSR count). The largest absolute Gasteiger partial charge is 0.338 e. The van der Waals surface area contributed by atoms with Crippen LogP contribution >= 0.6 is 0 Å². The second-order valence-electron chi connectivity index (χ2n) is 21.6. The first kappa shape index (κ1) is 50.0. The minimum atomic E-state index is -0.190. The van der Waals surface area contributed by atoms with Crippen molar-refractivity contribution in [2.45, 2.75) is 0 Å². The van der Waals surface area contributed by atoms with E-state index in [1.807, 2.05) is 115 Å². The molecule has 0 amide bonds. The molecule has 86 heavy (non-hydrogen) atoms. The van der Waals surface area contributed by atoms with Crippen LogP contribution in [-0.4, -0.2) is 27.4 Å². The van der Waals surface area contributed by atoms with E-state index in [1.54, 1.807) is 0 Å². The van der Waals surface area contributed by atoms with Gasteiger partial charge in [0.1, 0.15) is 0 Å². The summed E-state index contributed by atoms with van der Waals surface area (Å²) in [6.45, 7) is 0. The van der Waals surface area contributed by atoms with Crippen LogP contribution in [-0.2, 0) is 0 Å². The van der Waals surface area contributed by atoms with Crippen molar-refractivity contribution < 1.29 is 0 Å². The van der Waals surface area contributed by atoms with E-state index in [1.165, 1.54) is 21.5 Å². The Kier molecular flexibility index (Phi) is 12.0. The first-order valence-electron chi connectivity index (χ1n) is 28.9. The highest BCUT2D eigenvalue weighted by Gasteiger charge is 2.27. The van der Waals surface area contributed by atoms with Gasteiger partial charge in [0.25, 0.3) is 0 Å². The molecule has 0 saturated heterocycles. The van der Waals surface area contributed by atoms with Crippen molar-refractivity contribution in [2.75, 3.05) is 0 Å². The summed E-state index contributed by atoms with van der Waals surface area (Å²) in [4.78, 5) is 31.1. The number of hydrogen-bond acceptors (Lipinski definition) is 2. The maximum absolute atomic E-state index is 15.6. The zero-order valence-corrected chi connectivity index (χ0v) is 46.5. The van der Waals surface area contributed by atoms with Gasteiger partial charge >= 0.3 is 11.4 Å². The van der Waals surface area contributed by atoms with Crippen LogP contribution in [0.25, 0.3) is 134 Å². The van der Waals surface area contributed by atoms with E-state index in [0.717, 1.165) is 112 Å². The zero-order chi connectivity index (χ0) is 57.2. The number of rotatable bonds is 11. The van der Waals surface area contributed by atoms with Crippen molar-refractivity contribution >= 4 is 43.6 Å². The summed E-state index contributed by atoms with van der Waals surface area (Å²) >= 11 is 0. The van der Waals surface area contributed by atoms with Gasteiger partial charge in [-0.1, -0.05) is 218 Å². The van der Waals surface area contributed by atoms with Crippen LogP contribution in [0.4, 0.5) is 0 Å². The van der Waals surface area contributed by atoms with Crippen LogP contribution in [0.3, 0.4) is 0 Å². The standard InChI is InChI=1S/C78H52N6O2/c85-77-81(73(55-21-5-1-6-22-55)75(57-25-9-3-10-26-57)83(77)63-49-45-59(46-50-63)79-69-33-17-13-29-65(69)66-30-14-18-34-70(66)79)61-41-37-53(38-42-61)54-39-43-62(44-40-54)82-74(56-23-7-2-8-24-56)76(58-27-11-4-12-28-58)84(78(82)86)64-51-47-60(48-52-64)80-71-35-19-15-31-67(71)68-32-16-20-36-72(68)80/h1-52H. The molecule has 12 aromatic carbocycles. The topological polar surface area (TPSA) is 63.7 Å². The van der Waals surface area contributed by atoms with Gasteiger partial charge in [0.15, 0.2) is 0 Å². The molecule has 0 N–H and O–H groups in total. The molecule has 0 atom stereocenters. The highest BCUT2D eigenvalue weighted by molar-refractivity contribution is 6.10. The fourth-order valence-electron chi connectivity index (χ4n) is 12.9. The van der Waals surface area contributed by atoms with Crippen LogP contribution in [0.15, 0.2) is 325 Å². The molecule has 0 unspecified atom stereocenters. The van der Waals surface area contributed by atoms with E-state index >= 15 is 9.59 Å². The van der Waals surface area contributed by atoms with E-state index < -0.39 is 0 Å². The van der Waals surface area contributed by atoms with Gasteiger partial charge in [-0.25, -0.2) is 9.59 Å². The van der Waals surface area contributed by atoms with Crippen molar-refractivity contribution in [3.63, 3.8) is 0 Å². The summed E-state index contributed by atoms with van der Waals surface area (Å²) in [7, 11) is 0. The lowest BCUT2D eigenvalue weighted by Crippen LogP contribution is -2.23. The number of para-hydroxylation sites is 4. The molecule has 0 bridgehead atoms. The smallest absolute Gasteiger partial charge is 0.309 e. The predicted octanol–water partition coefficient (Wildman–Crippen LogP) is 18.1. The molecule has 0 saturated carbocycles. The summed E-state index contributed by atoms with van der Waals surface area (Å²) in [6, 6.07) is 108. The molecule has 4 heterocycles. The third-order valence-corrected chi connectivity index (χ3v) is 16.8. The Morgan fingerprint density at radius 2 is 0.349 bits per heavy atom. The third-order valence-electron chi connectivity index (χ3n) is 16.8. The molecular weight excluding hydrogens is 1050 g/mol. The summed E-state index contributed by atoms with van der Waals surface area (Å²) in [5, 5.41) is 4.76. The lowest BCUT2D eigenvalue weighted by atomic mass is 10.0. The molecule has 0 aliphatic rings. The van der Waals surface area contributed by atoms with Gasteiger partial charge in [0.05, 0.1) is 67.6 Å². The highest BCUT2D eigenvalue weighted by Crippen LogP contribution is 2.40. The Morgan fingerprint density at radius 3 is 0.581 bits per heavy atom. The lowest BCUT2D eigenvalue weighted by Gasteiger charge is -2.13. The van der Waals surface area contributed by atoms with Gasteiger partial charge < -0.3 is 9.13 Å². The van der Waals surface area contributed by atoms with E-state index in [4.69, 9.17) is 0 Å².